The van der Waals surface area contributed by atoms with Gasteiger partial charge in [0, 0.05) is 19.3 Å². The Balaban J connectivity index is 3.10. The van der Waals surface area contributed by atoms with Crippen molar-refractivity contribution in [2.75, 3.05) is 13.2 Å². The van der Waals surface area contributed by atoms with Crippen LogP contribution in [-0.4, -0.2) is 118 Å². The standard InChI is InChI=1S/C57H101NO16/c1-4-7-10-13-16-19-22-25-28-31-34-37-48(60)58-53-55(74-51(65)38-35-32-29-26-23-20-17-14-11-8-5-2)54(67)47(73-57(53)72-45(39-49(61)62)40-50(63)64)43-71-52(66)41-46(56(68)69)70-42-44(59)36-33-30-27-24-21-18-15-12-9-6-3/h45-47,53-55,57,67H,4-43H2,1-3H3,(H,58,60)(H,61,62)(H,63,64)(H,68,69)/t46?,47-,53-,54-,55-,57+/m1/s1. The molecule has 0 aromatic carbocycles. The molecule has 1 rings (SSSR count). The van der Waals surface area contributed by atoms with E-state index in [1.807, 2.05) is 0 Å². The van der Waals surface area contributed by atoms with Gasteiger partial charge >= 0.3 is 29.8 Å². The number of hydrogen-bond donors (Lipinski definition) is 5. The van der Waals surface area contributed by atoms with Crippen LogP contribution in [0, 0.1) is 0 Å². The summed E-state index contributed by atoms with van der Waals surface area (Å²) in [4.78, 5) is 88.6. The maximum atomic E-state index is 13.6. The number of carbonyl (C=O) groups excluding carboxylic acids is 4. The largest absolute Gasteiger partial charge is 0.481 e. The number of aliphatic hydroxyl groups excluding tert-OH is 1. The number of rotatable bonds is 51. The number of esters is 2. The topological polar surface area (TPSA) is 259 Å². The highest BCUT2D eigenvalue weighted by Gasteiger charge is 2.50. The van der Waals surface area contributed by atoms with Gasteiger partial charge < -0.3 is 49.4 Å². The van der Waals surface area contributed by atoms with E-state index in [1.54, 1.807) is 0 Å². The van der Waals surface area contributed by atoms with Crippen LogP contribution in [0.1, 0.15) is 265 Å². The first-order valence-electron chi connectivity index (χ1n) is 29.1. The highest BCUT2D eigenvalue weighted by Crippen LogP contribution is 2.29. The normalized spacial score (nSPS) is 18.0. The number of unbranched alkanes of at least 4 members (excludes halogenated alkanes) is 29. The van der Waals surface area contributed by atoms with E-state index in [1.165, 1.54) is 103 Å². The molecule has 5 N–H and O–H groups in total. The van der Waals surface area contributed by atoms with Crippen molar-refractivity contribution < 1.29 is 77.7 Å². The molecule has 6 atom stereocenters. The van der Waals surface area contributed by atoms with Crippen molar-refractivity contribution in [1.82, 2.24) is 5.32 Å². The van der Waals surface area contributed by atoms with Crippen LogP contribution in [0.25, 0.3) is 0 Å². The molecule has 1 aliphatic heterocycles. The number of aliphatic carboxylic acids is 3. The first kappa shape index (κ1) is 68.3. The third-order valence-corrected chi connectivity index (χ3v) is 13.7. The van der Waals surface area contributed by atoms with E-state index in [-0.39, 0.29) is 25.0 Å². The van der Waals surface area contributed by atoms with Gasteiger partial charge in [0.2, 0.25) is 5.91 Å². The minimum Gasteiger partial charge on any atom is -0.481 e. The fraction of sp³-hybridized carbons (Fsp3) is 0.877. The maximum absolute atomic E-state index is 13.6. The van der Waals surface area contributed by atoms with Crippen LogP contribution in [-0.2, 0) is 57.2 Å². The lowest BCUT2D eigenvalue weighted by Gasteiger charge is -2.44. The molecule has 0 saturated carbocycles. The van der Waals surface area contributed by atoms with E-state index in [2.05, 4.69) is 26.1 Å². The summed E-state index contributed by atoms with van der Waals surface area (Å²) in [6.07, 6.45) is 22.2. The van der Waals surface area contributed by atoms with E-state index >= 15 is 0 Å². The molecule has 0 aromatic rings. The third-order valence-electron chi connectivity index (χ3n) is 13.7. The predicted molar refractivity (Wildman–Crippen MR) is 282 cm³/mol. The number of amides is 1. The molecule has 1 amide bonds. The summed E-state index contributed by atoms with van der Waals surface area (Å²) in [6, 6.07) is -1.45. The van der Waals surface area contributed by atoms with Gasteiger partial charge in [0.05, 0.1) is 25.4 Å². The molecule has 0 bridgehead atoms. The van der Waals surface area contributed by atoms with Crippen molar-refractivity contribution in [3.63, 3.8) is 0 Å². The maximum Gasteiger partial charge on any atom is 0.333 e. The van der Waals surface area contributed by atoms with Gasteiger partial charge in [-0.2, -0.15) is 0 Å². The Hall–Kier alpha value is -3.67. The summed E-state index contributed by atoms with van der Waals surface area (Å²) in [5.74, 6) is -6.88. The van der Waals surface area contributed by atoms with Gasteiger partial charge in [0.15, 0.2) is 24.3 Å². The first-order chi connectivity index (χ1) is 35.7. The fourth-order valence-electron chi connectivity index (χ4n) is 9.24. The highest BCUT2D eigenvalue weighted by atomic mass is 16.7. The molecular formula is C57H101NO16. The van der Waals surface area contributed by atoms with Crippen molar-refractivity contribution in [3.8, 4) is 0 Å². The Bertz CT molecular complexity index is 1490. The van der Waals surface area contributed by atoms with Gasteiger partial charge in [-0.3, -0.25) is 28.8 Å². The molecule has 1 heterocycles. The number of carboxylic acids is 3. The molecule has 0 radical (unpaired) electrons. The van der Waals surface area contributed by atoms with Gasteiger partial charge in [-0.25, -0.2) is 4.79 Å². The summed E-state index contributed by atoms with van der Waals surface area (Å²) < 4.78 is 28.6. The molecule has 0 aliphatic carbocycles. The zero-order valence-corrected chi connectivity index (χ0v) is 46.0. The van der Waals surface area contributed by atoms with Crippen LogP contribution in [0.4, 0.5) is 0 Å². The zero-order valence-electron chi connectivity index (χ0n) is 46.0. The minimum atomic E-state index is -1.77. The van der Waals surface area contributed by atoms with Crippen LogP contribution in [0.2, 0.25) is 0 Å². The summed E-state index contributed by atoms with van der Waals surface area (Å²) in [5, 5.41) is 43.7. The zero-order chi connectivity index (χ0) is 54.6. The first-order valence-corrected chi connectivity index (χ1v) is 29.1. The van der Waals surface area contributed by atoms with Gasteiger partial charge in [-0.1, -0.05) is 207 Å². The molecule has 17 nitrogen and oxygen atoms in total. The predicted octanol–water partition coefficient (Wildman–Crippen LogP) is 11.5. The smallest absolute Gasteiger partial charge is 0.333 e. The second-order valence-electron chi connectivity index (χ2n) is 20.6. The number of ether oxygens (including phenoxy) is 5. The number of aliphatic hydroxyl groups is 1. The van der Waals surface area contributed by atoms with Crippen molar-refractivity contribution in [1.29, 1.82) is 0 Å². The quantitative estimate of drug-likeness (QED) is 0.0280. The van der Waals surface area contributed by atoms with E-state index in [9.17, 15) is 54.0 Å². The summed E-state index contributed by atoms with van der Waals surface area (Å²) >= 11 is 0. The van der Waals surface area contributed by atoms with Gasteiger partial charge in [0.1, 0.15) is 31.5 Å². The number of ketones is 1. The average molecular weight is 1060 g/mol. The monoisotopic (exact) mass is 1060 g/mol. The Morgan fingerprint density at radius 1 is 0.514 bits per heavy atom. The van der Waals surface area contributed by atoms with Crippen molar-refractivity contribution in [3.05, 3.63) is 0 Å². The van der Waals surface area contributed by atoms with E-state index in [4.69, 9.17) is 23.7 Å². The number of nitrogens with one attached hydrogen (secondary N) is 1. The van der Waals surface area contributed by atoms with Crippen LogP contribution in [0.3, 0.4) is 0 Å². The lowest BCUT2D eigenvalue weighted by atomic mass is 9.95. The molecule has 430 valence electrons. The van der Waals surface area contributed by atoms with Crippen molar-refractivity contribution in [2.45, 2.75) is 308 Å². The second-order valence-corrected chi connectivity index (χ2v) is 20.6. The highest BCUT2D eigenvalue weighted by molar-refractivity contribution is 5.82. The Morgan fingerprint density at radius 2 is 0.919 bits per heavy atom. The molecule has 0 spiro atoms. The number of carbonyl (C=O) groups is 7. The Morgan fingerprint density at radius 3 is 1.34 bits per heavy atom. The average Bonchev–Trinajstić information content (AvgIpc) is 3.35. The Kier molecular flexibility index (Phi) is 42.0. The van der Waals surface area contributed by atoms with Crippen LogP contribution < -0.4 is 5.32 Å². The van der Waals surface area contributed by atoms with E-state index < -0.39 is 111 Å². The molecule has 74 heavy (non-hydrogen) atoms. The van der Waals surface area contributed by atoms with Gasteiger partial charge in [-0.15, -0.1) is 0 Å². The molecule has 0 aromatic heterocycles. The minimum absolute atomic E-state index is 0.0231. The van der Waals surface area contributed by atoms with E-state index in [0.29, 0.717) is 19.3 Å². The van der Waals surface area contributed by atoms with Gasteiger partial charge in [0.25, 0.3) is 0 Å². The number of carboxylic acid groups (broad SMARTS) is 3. The van der Waals surface area contributed by atoms with Crippen LogP contribution in [0.15, 0.2) is 0 Å². The van der Waals surface area contributed by atoms with E-state index in [0.717, 1.165) is 83.5 Å². The molecule has 1 fully saturated rings. The van der Waals surface area contributed by atoms with Crippen LogP contribution >= 0.6 is 0 Å². The Labute approximate surface area is 444 Å². The molecular weight excluding hydrogens is 955 g/mol. The summed E-state index contributed by atoms with van der Waals surface area (Å²) in [7, 11) is 0. The number of hydrogen-bond acceptors (Lipinski definition) is 13. The lowest BCUT2D eigenvalue weighted by Crippen LogP contribution is -2.66. The second kappa shape index (κ2) is 45.5. The molecule has 1 unspecified atom stereocenters. The SMILES string of the molecule is CCCCCCCCCCCCCC(=O)N[C@H]1[C@@H](OC(CC(=O)O)CC(=O)O)O[C@H](COC(=O)CC(OCC(=O)CCCCCCCCCCCC)C(=O)O)[C@@H](O)[C@@H]1OC(=O)CCCCCCCCCCCCC. The van der Waals surface area contributed by atoms with Crippen LogP contribution in [0.5, 0.6) is 0 Å². The molecule has 1 saturated heterocycles. The van der Waals surface area contributed by atoms with Crippen molar-refractivity contribution >= 4 is 41.5 Å². The summed E-state index contributed by atoms with van der Waals surface area (Å²) in [5.41, 5.74) is 0. The van der Waals surface area contributed by atoms with Crippen molar-refractivity contribution in [2.24, 2.45) is 0 Å². The molecule has 1 aliphatic rings. The number of Topliss-reactive ketones (excluding diaryl/α,β-unsaturated/α-hetero) is 1. The molecule has 17 heteroatoms. The van der Waals surface area contributed by atoms with Gasteiger partial charge in [-0.05, 0) is 19.3 Å². The third kappa shape index (κ3) is 36.3. The fourth-order valence-corrected chi connectivity index (χ4v) is 9.24. The lowest BCUT2D eigenvalue weighted by molar-refractivity contribution is -0.286. The summed E-state index contributed by atoms with van der Waals surface area (Å²) in [6.45, 7) is 5.30.